The van der Waals surface area contributed by atoms with Crippen LogP contribution in [0, 0.1) is 11.6 Å². The number of carbonyl (C=O) groups excluding carboxylic acids is 3. The number of ketones is 3. The first-order valence-corrected chi connectivity index (χ1v) is 7.42. The number of Topliss-reactive ketones (excluding diaryl/α,β-unsaturated/α-hetero) is 3. The Kier molecular flexibility index (Phi) is 5.33. The third-order valence-corrected chi connectivity index (χ3v) is 3.97. The van der Waals surface area contributed by atoms with Gasteiger partial charge in [-0.2, -0.15) is 0 Å². The van der Waals surface area contributed by atoms with Crippen LogP contribution in [0.3, 0.4) is 0 Å². The van der Waals surface area contributed by atoms with Crippen molar-refractivity contribution in [2.45, 2.75) is 20.0 Å². The highest BCUT2D eigenvalue weighted by Gasteiger charge is 2.17. The molecule has 1 aromatic carbocycles. The Morgan fingerprint density at radius 1 is 1.09 bits per heavy atom. The van der Waals surface area contributed by atoms with Gasteiger partial charge in [0.15, 0.2) is 28.3 Å². The number of halogens is 2. The summed E-state index contributed by atoms with van der Waals surface area (Å²) in [5.74, 6) is -3.76. The van der Waals surface area contributed by atoms with E-state index in [0.717, 1.165) is 30.4 Å². The maximum absolute atomic E-state index is 13.1. The van der Waals surface area contributed by atoms with Gasteiger partial charge < -0.3 is 4.74 Å². The Hall–Kier alpha value is -2.41. The van der Waals surface area contributed by atoms with Gasteiger partial charge in [-0.3, -0.25) is 14.4 Å². The molecule has 1 aromatic heterocycles. The van der Waals surface area contributed by atoms with Crippen molar-refractivity contribution in [3.8, 4) is 5.06 Å². The molecule has 0 aliphatic rings. The SMILES string of the molecule is CC(=O)C(=O)CC(=O)c1ccc(OCc2ccc(F)c(F)c2)s1. The molecule has 0 aliphatic heterocycles. The van der Waals surface area contributed by atoms with Gasteiger partial charge in [-0.05, 0) is 29.8 Å². The van der Waals surface area contributed by atoms with Gasteiger partial charge in [-0.25, -0.2) is 8.78 Å². The number of carbonyl (C=O) groups is 3. The summed E-state index contributed by atoms with van der Waals surface area (Å²) in [5, 5.41) is 0.397. The molecule has 0 spiro atoms. The summed E-state index contributed by atoms with van der Waals surface area (Å²) in [6, 6.07) is 6.45. The second-order valence-electron chi connectivity index (χ2n) is 4.74. The molecule has 0 unspecified atom stereocenters. The van der Waals surface area contributed by atoms with E-state index in [4.69, 9.17) is 4.74 Å². The molecular formula is C16H12F2O4S. The molecule has 0 radical (unpaired) electrons. The molecule has 0 fully saturated rings. The molecule has 120 valence electrons. The fourth-order valence-electron chi connectivity index (χ4n) is 1.69. The number of hydrogen-bond donors (Lipinski definition) is 0. The lowest BCUT2D eigenvalue weighted by Gasteiger charge is -2.04. The first-order valence-electron chi connectivity index (χ1n) is 6.60. The minimum absolute atomic E-state index is 0.0116. The predicted octanol–water partition coefficient (Wildman–Crippen LogP) is 3.34. The van der Waals surface area contributed by atoms with Crippen molar-refractivity contribution in [2.75, 3.05) is 0 Å². The van der Waals surface area contributed by atoms with Crippen molar-refractivity contribution in [1.29, 1.82) is 0 Å². The summed E-state index contributed by atoms with van der Waals surface area (Å²) in [6.45, 7) is 1.12. The van der Waals surface area contributed by atoms with E-state index in [2.05, 4.69) is 0 Å². The summed E-state index contributed by atoms with van der Waals surface area (Å²) in [4.78, 5) is 34.2. The molecule has 4 nitrogen and oxygen atoms in total. The normalized spacial score (nSPS) is 10.4. The topological polar surface area (TPSA) is 60.4 Å². The lowest BCUT2D eigenvalue weighted by molar-refractivity contribution is -0.134. The molecule has 2 rings (SSSR count). The standard InChI is InChI=1S/C16H12F2O4S/c1-9(19)13(20)7-14(21)15-4-5-16(23-15)22-8-10-2-3-11(17)12(18)6-10/h2-6H,7-8H2,1H3. The Bertz CT molecular complexity index is 767. The fraction of sp³-hybridized carbons (Fsp3) is 0.188. The van der Waals surface area contributed by atoms with Gasteiger partial charge in [0, 0.05) is 6.92 Å². The van der Waals surface area contributed by atoms with Crippen LogP contribution >= 0.6 is 11.3 Å². The highest BCUT2D eigenvalue weighted by atomic mass is 32.1. The summed E-state index contributed by atoms with van der Waals surface area (Å²) >= 11 is 1.02. The molecule has 0 bridgehead atoms. The third kappa shape index (κ3) is 4.53. The molecule has 0 amide bonds. The van der Waals surface area contributed by atoms with Crippen LogP contribution in [0.4, 0.5) is 8.78 Å². The van der Waals surface area contributed by atoms with E-state index in [1.807, 2.05) is 0 Å². The largest absolute Gasteiger partial charge is 0.479 e. The van der Waals surface area contributed by atoms with Crippen LogP contribution in [0.25, 0.3) is 0 Å². The minimum atomic E-state index is -0.962. The molecule has 7 heteroatoms. The van der Waals surface area contributed by atoms with Gasteiger partial charge in [0.25, 0.3) is 0 Å². The van der Waals surface area contributed by atoms with Crippen LogP contribution in [0.5, 0.6) is 5.06 Å². The zero-order valence-electron chi connectivity index (χ0n) is 12.1. The third-order valence-electron chi connectivity index (χ3n) is 2.94. The molecule has 0 saturated carbocycles. The van der Waals surface area contributed by atoms with Gasteiger partial charge in [0.2, 0.25) is 5.78 Å². The van der Waals surface area contributed by atoms with Crippen molar-refractivity contribution in [2.24, 2.45) is 0 Å². The van der Waals surface area contributed by atoms with Crippen LogP contribution in [-0.2, 0) is 16.2 Å². The summed E-state index contributed by atoms with van der Waals surface area (Å²) in [6.07, 6.45) is -0.474. The smallest absolute Gasteiger partial charge is 0.205 e. The molecule has 0 atom stereocenters. The maximum Gasteiger partial charge on any atom is 0.205 e. The van der Waals surface area contributed by atoms with Crippen LogP contribution in [0.1, 0.15) is 28.6 Å². The van der Waals surface area contributed by atoms with Gasteiger partial charge >= 0.3 is 0 Å². The second-order valence-corrected chi connectivity index (χ2v) is 5.78. The number of thiophene rings is 1. The summed E-state index contributed by atoms with van der Waals surface area (Å²) in [7, 11) is 0. The fourth-order valence-corrected chi connectivity index (χ4v) is 2.48. The van der Waals surface area contributed by atoms with Crippen molar-refractivity contribution < 1.29 is 27.9 Å². The molecule has 23 heavy (non-hydrogen) atoms. The molecule has 1 heterocycles. The van der Waals surface area contributed by atoms with Crippen LogP contribution in [0.15, 0.2) is 30.3 Å². The lowest BCUT2D eigenvalue weighted by atomic mass is 10.1. The van der Waals surface area contributed by atoms with Crippen molar-refractivity contribution in [3.63, 3.8) is 0 Å². The van der Waals surface area contributed by atoms with Crippen molar-refractivity contribution in [1.82, 2.24) is 0 Å². The van der Waals surface area contributed by atoms with Crippen LogP contribution < -0.4 is 4.74 Å². The quantitative estimate of drug-likeness (QED) is 0.441. The molecule has 0 aliphatic carbocycles. The van der Waals surface area contributed by atoms with E-state index in [0.29, 0.717) is 15.5 Å². The van der Waals surface area contributed by atoms with Gasteiger partial charge in [0.1, 0.15) is 6.61 Å². The Labute approximate surface area is 134 Å². The zero-order chi connectivity index (χ0) is 17.0. The summed E-state index contributed by atoms with van der Waals surface area (Å²) < 4.78 is 31.3. The molecule has 2 aromatic rings. The van der Waals surface area contributed by atoms with E-state index >= 15 is 0 Å². The Morgan fingerprint density at radius 2 is 1.83 bits per heavy atom. The second kappa shape index (κ2) is 7.23. The number of rotatable bonds is 7. The molecule has 0 N–H and O–H groups in total. The Balaban J connectivity index is 1.96. The molecular weight excluding hydrogens is 326 g/mol. The predicted molar refractivity (Wildman–Crippen MR) is 79.6 cm³/mol. The van der Waals surface area contributed by atoms with Gasteiger partial charge in [0.05, 0.1) is 11.3 Å². The highest BCUT2D eigenvalue weighted by Crippen LogP contribution is 2.26. The Morgan fingerprint density at radius 3 is 2.48 bits per heavy atom. The van der Waals surface area contributed by atoms with Gasteiger partial charge in [-0.1, -0.05) is 17.4 Å². The van der Waals surface area contributed by atoms with Crippen molar-refractivity contribution >= 4 is 28.7 Å². The van der Waals surface area contributed by atoms with Crippen LogP contribution in [0.2, 0.25) is 0 Å². The van der Waals surface area contributed by atoms with E-state index in [1.54, 1.807) is 0 Å². The van der Waals surface area contributed by atoms with Crippen LogP contribution in [-0.4, -0.2) is 17.3 Å². The zero-order valence-corrected chi connectivity index (χ0v) is 12.9. The van der Waals surface area contributed by atoms with E-state index in [1.165, 1.54) is 18.2 Å². The number of ether oxygens (including phenoxy) is 1. The number of hydrogen-bond acceptors (Lipinski definition) is 5. The highest BCUT2D eigenvalue weighted by molar-refractivity contribution is 7.15. The minimum Gasteiger partial charge on any atom is -0.479 e. The van der Waals surface area contributed by atoms with Crippen molar-refractivity contribution in [3.05, 3.63) is 52.4 Å². The average Bonchev–Trinajstić information content (AvgIpc) is 2.97. The van der Waals surface area contributed by atoms with E-state index < -0.39 is 35.4 Å². The molecule has 0 saturated heterocycles. The maximum atomic E-state index is 13.1. The monoisotopic (exact) mass is 338 g/mol. The number of benzene rings is 1. The average molecular weight is 338 g/mol. The first-order chi connectivity index (χ1) is 10.9. The van der Waals surface area contributed by atoms with E-state index in [9.17, 15) is 23.2 Å². The first kappa shape index (κ1) is 17.0. The van der Waals surface area contributed by atoms with E-state index in [-0.39, 0.29) is 6.61 Å². The lowest BCUT2D eigenvalue weighted by Crippen LogP contribution is -2.14. The summed E-state index contributed by atoms with van der Waals surface area (Å²) in [5.41, 5.74) is 0.442. The van der Waals surface area contributed by atoms with Gasteiger partial charge in [-0.15, -0.1) is 0 Å².